The fourth-order valence-corrected chi connectivity index (χ4v) is 2.47. The number of carbonyl (C=O) groups excluding carboxylic acids is 1. The van der Waals surface area contributed by atoms with Gasteiger partial charge in [-0.3, -0.25) is 0 Å². The van der Waals surface area contributed by atoms with E-state index in [4.69, 9.17) is 0 Å². The van der Waals surface area contributed by atoms with Crippen molar-refractivity contribution in [1.29, 1.82) is 0 Å². The van der Waals surface area contributed by atoms with Gasteiger partial charge >= 0.3 is 6.03 Å². The molecule has 5 heteroatoms. The maximum Gasteiger partial charge on any atom is 0.315 e. The van der Waals surface area contributed by atoms with Crippen molar-refractivity contribution in [2.75, 3.05) is 6.54 Å². The Labute approximate surface area is 143 Å². The molecule has 0 atom stereocenters. The first-order valence-electron chi connectivity index (χ1n) is 8.07. The molecule has 128 valence electrons. The lowest BCUT2D eigenvalue weighted by Gasteiger charge is -2.27. The summed E-state index contributed by atoms with van der Waals surface area (Å²) in [5, 5.41) is 5.91. The number of amides is 2. The van der Waals surface area contributed by atoms with Crippen LogP contribution in [0.15, 0.2) is 43.4 Å². The Hall–Kier alpha value is -2.56. The summed E-state index contributed by atoms with van der Waals surface area (Å²) in [6.07, 6.45) is 4.42. The summed E-state index contributed by atoms with van der Waals surface area (Å²) in [5.74, 6) is 0. The molecule has 24 heavy (non-hydrogen) atoms. The molecule has 2 N–H and O–H groups in total. The number of nitrogens with zero attached hydrogens (tertiary/aromatic N) is 2. The number of aryl methyl sites for hydroxylation is 1. The van der Waals surface area contributed by atoms with E-state index >= 15 is 0 Å². The monoisotopic (exact) mass is 326 g/mol. The molecular weight excluding hydrogens is 300 g/mol. The van der Waals surface area contributed by atoms with Crippen LogP contribution in [0.25, 0.3) is 5.57 Å². The fourth-order valence-electron chi connectivity index (χ4n) is 2.47. The summed E-state index contributed by atoms with van der Waals surface area (Å²) in [6.45, 7) is 10.5. The molecule has 0 saturated carbocycles. The molecular formula is C19H26N4O. The van der Waals surface area contributed by atoms with Crippen LogP contribution in [-0.2, 0) is 19.0 Å². The van der Waals surface area contributed by atoms with Gasteiger partial charge in [-0.25, -0.2) is 9.78 Å². The van der Waals surface area contributed by atoms with Crippen molar-refractivity contribution in [3.8, 4) is 0 Å². The highest BCUT2D eigenvalue weighted by Crippen LogP contribution is 2.23. The SMILES string of the molecule is C=C(C)c1cccc(C(C)(C)NC(=O)NCCc2cn(C)cn2)c1. The number of imidazole rings is 1. The van der Waals surface area contributed by atoms with Crippen LogP contribution in [-0.4, -0.2) is 22.1 Å². The van der Waals surface area contributed by atoms with E-state index in [2.05, 4.69) is 28.3 Å². The molecule has 0 unspecified atom stereocenters. The second-order valence-electron chi connectivity index (χ2n) is 6.65. The van der Waals surface area contributed by atoms with Crippen molar-refractivity contribution >= 4 is 11.6 Å². The average molecular weight is 326 g/mol. The Morgan fingerprint density at radius 2 is 2.12 bits per heavy atom. The first-order chi connectivity index (χ1) is 11.3. The zero-order valence-corrected chi connectivity index (χ0v) is 14.9. The molecule has 0 bridgehead atoms. The molecule has 0 fully saturated rings. The minimum Gasteiger partial charge on any atom is -0.340 e. The highest BCUT2D eigenvalue weighted by Gasteiger charge is 2.23. The lowest BCUT2D eigenvalue weighted by atomic mass is 9.92. The maximum absolute atomic E-state index is 12.2. The Balaban J connectivity index is 1.91. The van der Waals surface area contributed by atoms with Gasteiger partial charge in [0.15, 0.2) is 0 Å². The molecule has 5 nitrogen and oxygen atoms in total. The molecule has 0 aliphatic rings. The molecule has 1 aromatic carbocycles. The quantitative estimate of drug-likeness (QED) is 0.856. The zero-order chi connectivity index (χ0) is 17.7. The van der Waals surface area contributed by atoms with Crippen molar-refractivity contribution < 1.29 is 4.79 Å². The molecule has 0 radical (unpaired) electrons. The molecule has 1 heterocycles. The minimum atomic E-state index is -0.472. The standard InChI is InChI=1S/C19H26N4O/c1-14(2)15-7-6-8-16(11-15)19(3,4)22-18(24)20-10-9-17-12-23(5)13-21-17/h6-8,11-13H,1,9-10H2,2-5H3,(H2,20,22,24). The van der Waals surface area contributed by atoms with Crippen LogP contribution in [0.1, 0.15) is 37.6 Å². The summed E-state index contributed by atoms with van der Waals surface area (Å²) < 4.78 is 1.90. The number of urea groups is 1. The van der Waals surface area contributed by atoms with Crippen LogP contribution >= 0.6 is 0 Å². The maximum atomic E-state index is 12.2. The highest BCUT2D eigenvalue weighted by molar-refractivity contribution is 5.75. The number of carbonyl (C=O) groups is 1. The number of rotatable bonds is 6. The van der Waals surface area contributed by atoms with E-state index in [0.29, 0.717) is 13.0 Å². The number of nitrogens with one attached hydrogen (secondary N) is 2. The molecule has 0 saturated heterocycles. The summed E-state index contributed by atoms with van der Waals surface area (Å²) in [6, 6.07) is 7.91. The Morgan fingerprint density at radius 1 is 1.38 bits per heavy atom. The fraction of sp³-hybridized carbons (Fsp3) is 0.368. The van der Waals surface area contributed by atoms with Gasteiger partial charge in [-0.15, -0.1) is 0 Å². The number of hydrogen-bond donors (Lipinski definition) is 2. The largest absolute Gasteiger partial charge is 0.340 e. The van der Waals surface area contributed by atoms with Crippen molar-refractivity contribution in [3.63, 3.8) is 0 Å². The predicted octanol–water partition coefficient (Wildman–Crippen LogP) is 3.23. The van der Waals surface area contributed by atoms with Crippen molar-refractivity contribution in [2.45, 2.75) is 32.7 Å². The van der Waals surface area contributed by atoms with Gasteiger partial charge in [0.05, 0.1) is 17.6 Å². The molecule has 2 aromatic rings. The van der Waals surface area contributed by atoms with E-state index in [0.717, 1.165) is 22.4 Å². The second kappa shape index (κ2) is 7.34. The summed E-state index contributed by atoms with van der Waals surface area (Å²) in [4.78, 5) is 16.4. The van der Waals surface area contributed by atoms with Gasteiger partial charge in [0.1, 0.15) is 0 Å². The summed E-state index contributed by atoms with van der Waals surface area (Å²) >= 11 is 0. The number of aromatic nitrogens is 2. The van der Waals surface area contributed by atoms with Crippen LogP contribution < -0.4 is 10.6 Å². The molecule has 2 rings (SSSR count). The lowest BCUT2D eigenvalue weighted by molar-refractivity contribution is 0.230. The lowest BCUT2D eigenvalue weighted by Crippen LogP contribution is -2.46. The Bertz CT molecular complexity index is 730. The third-order valence-corrected chi connectivity index (χ3v) is 3.93. The first-order valence-corrected chi connectivity index (χ1v) is 8.07. The van der Waals surface area contributed by atoms with Gasteiger partial charge in [-0.05, 0) is 38.0 Å². The van der Waals surface area contributed by atoms with Gasteiger partial charge < -0.3 is 15.2 Å². The number of allylic oxidation sites excluding steroid dienone is 1. The van der Waals surface area contributed by atoms with E-state index in [-0.39, 0.29) is 6.03 Å². The van der Waals surface area contributed by atoms with Gasteiger partial charge in [0, 0.05) is 26.2 Å². The molecule has 0 aliphatic heterocycles. The zero-order valence-electron chi connectivity index (χ0n) is 14.9. The van der Waals surface area contributed by atoms with Gasteiger partial charge in [-0.1, -0.05) is 30.4 Å². The van der Waals surface area contributed by atoms with Crippen molar-refractivity contribution in [2.24, 2.45) is 7.05 Å². The third kappa shape index (κ3) is 4.72. The number of hydrogen-bond acceptors (Lipinski definition) is 2. The van der Waals surface area contributed by atoms with Gasteiger partial charge in [0.2, 0.25) is 0 Å². The second-order valence-corrected chi connectivity index (χ2v) is 6.65. The normalized spacial score (nSPS) is 11.2. The Morgan fingerprint density at radius 3 is 2.75 bits per heavy atom. The average Bonchev–Trinajstić information content (AvgIpc) is 2.92. The van der Waals surface area contributed by atoms with Crippen LogP contribution in [0.4, 0.5) is 4.79 Å². The van der Waals surface area contributed by atoms with Gasteiger partial charge in [0.25, 0.3) is 0 Å². The third-order valence-electron chi connectivity index (χ3n) is 3.93. The van der Waals surface area contributed by atoms with E-state index in [1.54, 1.807) is 6.33 Å². The first kappa shape index (κ1) is 17.8. The van der Waals surface area contributed by atoms with Crippen LogP contribution in [0.5, 0.6) is 0 Å². The molecule has 0 spiro atoms. The Kier molecular flexibility index (Phi) is 5.44. The van der Waals surface area contributed by atoms with Crippen molar-refractivity contribution in [1.82, 2.24) is 20.2 Å². The topological polar surface area (TPSA) is 59.0 Å². The highest BCUT2D eigenvalue weighted by atomic mass is 16.2. The van der Waals surface area contributed by atoms with E-state index < -0.39 is 5.54 Å². The molecule has 2 amide bonds. The summed E-state index contributed by atoms with van der Waals surface area (Å²) in [5.41, 5.74) is 3.63. The van der Waals surface area contributed by atoms with Crippen LogP contribution in [0, 0.1) is 0 Å². The van der Waals surface area contributed by atoms with E-state index in [1.807, 2.05) is 56.8 Å². The van der Waals surface area contributed by atoms with E-state index in [9.17, 15) is 4.79 Å². The van der Waals surface area contributed by atoms with Gasteiger partial charge in [-0.2, -0.15) is 0 Å². The van der Waals surface area contributed by atoms with Crippen LogP contribution in [0.2, 0.25) is 0 Å². The molecule has 1 aromatic heterocycles. The minimum absolute atomic E-state index is 0.184. The van der Waals surface area contributed by atoms with Crippen LogP contribution in [0.3, 0.4) is 0 Å². The predicted molar refractivity (Wildman–Crippen MR) is 97.6 cm³/mol. The number of benzene rings is 1. The smallest absolute Gasteiger partial charge is 0.315 e. The molecule has 0 aliphatic carbocycles. The van der Waals surface area contributed by atoms with Crippen molar-refractivity contribution in [3.05, 3.63) is 60.2 Å². The van der Waals surface area contributed by atoms with E-state index in [1.165, 1.54) is 0 Å². The summed E-state index contributed by atoms with van der Waals surface area (Å²) in [7, 11) is 1.93.